The Bertz CT molecular complexity index is 552. The Kier molecular flexibility index (Phi) is 5.67. The van der Waals surface area contributed by atoms with Gasteiger partial charge in [-0.2, -0.15) is 0 Å². The highest BCUT2D eigenvalue weighted by molar-refractivity contribution is 6.39. The molecule has 2 rings (SSSR count). The maximum absolute atomic E-state index is 12.4. The summed E-state index contributed by atoms with van der Waals surface area (Å²) in [6, 6.07) is 4.73. The first kappa shape index (κ1) is 17.1. The van der Waals surface area contributed by atoms with Gasteiger partial charge in [0.2, 0.25) is 11.8 Å². The van der Waals surface area contributed by atoms with E-state index in [1.54, 1.807) is 18.2 Å². The second-order valence-electron chi connectivity index (χ2n) is 5.47. The van der Waals surface area contributed by atoms with Crippen LogP contribution in [0.1, 0.15) is 19.8 Å². The molecule has 1 atom stereocenters. The Hall–Kier alpha value is -1.30. The summed E-state index contributed by atoms with van der Waals surface area (Å²) in [5, 5.41) is 3.58. The molecule has 22 heavy (non-hydrogen) atoms. The quantitative estimate of drug-likeness (QED) is 0.881. The molecule has 1 heterocycles. The van der Waals surface area contributed by atoms with Gasteiger partial charge in [-0.3, -0.25) is 14.5 Å². The summed E-state index contributed by atoms with van der Waals surface area (Å²) in [5.74, 6) is -0.531. The zero-order valence-electron chi connectivity index (χ0n) is 12.3. The highest BCUT2D eigenvalue weighted by Crippen LogP contribution is 2.30. The molecule has 5 nitrogen and oxygen atoms in total. The van der Waals surface area contributed by atoms with Crippen molar-refractivity contribution in [2.75, 3.05) is 18.4 Å². The zero-order chi connectivity index (χ0) is 16.3. The SMILES string of the molecule is C[C@H](C(=O)Nc1c(Cl)cccc1Cl)N1CCC(C(N)=O)CC1. The summed E-state index contributed by atoms with van der Waals surface area (Å²) in [6.07, 6.45) is 1.36. The van der Waals surface area contributed by atoms with Gasteiger partial charge in [-0.15, -0.1) is 0 Å². The second kappa shape index (κ2) is 7.31. The first-order chi connectivity index (χ1) is 10.4. The van der Waals surface area contributed by atoms with Crippen molar-refractivity contribution in [3.8, 4) is 0 Å². The van der Waals surface area contributed by atoms with Gasteiger partial charge in [0, 0.05) is 5.92 Å². The number of rotatable bonds is 4. The molecular weight excluding hydrogens is 325 g/mol. The average Bonchev–Trinajstić information content (AvgIpc) is 2.50. The Labute approximate surface area is 139 Å². The zero-order valence-corrected chi connectivity index (χ0v) is 13.8. The summed E-state index contributed by atoms with van der Waals surface area (Å²) in [7, 11) is 0. The van der Waals surface area contributed by atoms with E-state index in [2.05, 4.69) is 5.32 Å². The monoisotopic (exact) mass is 343 g/mol. The van der Waals surface area contributed by atoms with Gasteiger partial charge in [-0.05, 0) is 45.0 Å². The highest BCUT2D eigenvalue weighted by Gasteiger charge is 2.29. The number of halogens is 2. The summed E-state index contributed by atoms with van der Waals surface area (Å²) in [6.45, 7) is 3.15. The lowest BCUT2D eigenvalue weighted by atomic mass is 9.95. The van der Waals surface area contributed by atoms with Gasteiger partial charge in [0.1, 0.15) is 0 Å². The number of piperidine rings is 1. The standard InChI is InChI=1S/C15H19Cl2N3O2/c1-9(20-7-5-10(6-8-20)14(18)21)15(22)19-13-11(16)3-2-4-12(13)17/h2-4,9-10H,5-8H2,1H3,(H2,18,21)(H,19,22)/t9-/m1/s1. The summed E-state index contributed by atoms with van der Waals surface area (Å²) < 4.78 is 0. The largest absolute Gasteiger partial charge is 0.369 e. The number of primary amides is 1. The molecule has 3 N–H and O–H groups in total. The highest BCUT2D eigenvalue weighted by atomic mass is 35.5. The van der Waals surface area contributed by atoms with E-state index in [4.69, 9.17) is 28.9 Å². The minimum atomic E-state index is -0.332. The first-order valence-corrected chi connectivity index (χ1v) is 7.94. The molecular formula is C15H19Cl2N3O2. The molecule has 120 valence electrons. The van der Waals surface area contributed by atoms with Crippen molar-refractivity contribution < 1.29 is 9.59 Å². The summed E-state index contributed by atoms with van der Waals surface area (Å²) >= 11 is 12.1. The van der Waals surface area contributed by atoms with Gasteiger partial charge in [-0.1, -0.05) is 29.3 Å². The molecule has 2 amide bonds. The van der Waals surface area contributed by atoms with Crippen molar-refractivity contribution in [2.24, 2.45) is 11.7 Å². The Morgan fingerprint density at radius 3 is 2.32 bits per heavy atom. The predicted molar refractivity (Wildman–Crippen MR) is 88.0 cm³/mol. The molecule has 1 saturated heterocycles. The van der Waals surface area contributed by atoms with Crippen LogP contribution < -0.4 is 11.1 Å². The third kappa shape index (κ3) is 3.91. The van der Waals surface area contributed by atoms with Gasteiger partial charge < -0.3 is 11.1 Å². The van der Waals surface area contributed by atoms with Crippen molar-refractivity contribution in [1.82, 2.24) is 4.90 Å². The molecule has 1 aliphatic heterocycles. The molecule has 0 saturated carbocycles. The molecule has 7 heteroatoms. The van der Waals surface area contributed by atoms with Crippen LogP contribution in [0.3, 0.4) is 0 Å². The number of hydrogen-bond acceptors (Lipinski definition) is 3. The van der Waals surface area contributed by atoms with Crippen LogP contribution in [0.4, 0.5) is 5.69 Å². The topological polar surface area (TPSA) is 75.4 Å². The number of amides is 2. The van der Waals surface area contributed by atoms with Crippen LogP contribution in [-0.2, 0) is 9.59 Å². The smallest absolute Gasteiger partial charge is 0.241 e. The van der Waals surface area contributed by atoms with E-state index in [1.165, 1.54) is 0 Å². The number of likely N-dealkylation sites (tertiary alicyclic amines) is 1. The van der Waals surface area contributed by atoms with E-state index >= 15 is 0 Å². The minimum Gasteiger partial charge on any atom is -0.369 e. The molecule has 0 radical (unpaired) electrons. The Balaban J connectivity index is 1.97. The summed E-state index contributed by atoms with van der Waals surface area (Å²) in [5.41, 5.74) is 5.74. The first-order valence-electron chi connectivity index (χ1n) is 7.18. The lowest BCUT2D eigenvalue weighted by Crippen LogP contribution is -2.47. The van der Waals surface area contributed by atoms with E-state index in [-0.39, 0.29) is 23.8 Å². The minimum absolute atomic E-state index is 0.0930. The number of nitrogens with zero attached hydrogens (tertiary/aromatic N) is 1. The van der Waals surface area contributed by atoms with Crippen LogP contribution in [-0.4, -0.2) is 35.8 Å². The fraction of sp³-hybridized carbons (Fsp3) is 0.467. The Morgan fingerprint density at radius 2 is 1.82 bits per heavy atom. The third-order valence-corrected chi connectivity index (χ3v) is 4.70. The van der Waals surface area contributed by atoms with Gasteiger partial charge in [0.25, 0.3) is 0 Å². The van der Waals surface area contributed by atoms with Crippen LogP contribution in [0.2, 0.25) is 10.0 Å². The van der Waals surface area contributed by atoms with E-state index in [0.29, 0.717) is 41.7 Å². The number of anilines is 1. The Morgan fingerprint density at radius 1 is 1.27 bits per heavy atom. The number of para-hydroxylation sites is 1. The molecule has 0 aromatic heterocycles. The molecule has 1 aliphatic rings. The normalized spacial score (nSPS) is 18.0. The van der Waals surface area contributed by atoms with Crippen molar-refractivity contribution in [1.29, 1.82) is 0 Å². The van der Waals surface area contributed by atoms with Gasteiger partial charge in [-0.25, -0.2) is 0 Å². The van der Waals surface area contributed by atoms with E-state index in [0.717, 1.165) is 0 Å². The third-order valence-electron chi connectivity index (χ3n) is 4.07. The van der Waals surface area contributed by atoms with E-state index in [1.807, 2.05) is 11.8 Å². The van der Waals surface area contributed by atoms with Crippen molar-refractivity contribution in [3.63, 3.8) is 0 Å². The number of carbonyl (C=O) groups excluding carboxylic acids is 2. The number of nitrogens with two attached hydrogens (primary N) is 1. The number of nitrogens with one attached hydrogen (secondary N) is 1. The molecule has 1 fully saturated rings. The van der Waals surface area contributed by atoms with Gasteiger partial charge in [0.05, 0.1) is 21.8 Å². The van der Waals surface area contributed by atoms with E-state index < -0.39 is 0 Å². The van der Waals surface area contributed by atoms with Crippen LogP contribution in [0.25, 0.3) is 0 Å². The van der Waals surface area contributed by atoms with Crippen molar-refractivity contribution >= 4 is 40.7 Å². The fourth-order valence-corrected chi connectivity index (χ4v) is 3.07. The molecule has 0 spiro atoms. The maximum atomic E-state index is 12.4. The average molecular weight is 344 g/mol. The fourth-order valence-electron chi connectivity index (χ4n) is 2.58. The summed E-state index contributed by atoms with van der Waals surface area (Å²) in [4.78, 5) is 25.6. The van der Waals surface area contributed by atoms with Gasteiger partial charge >= 0.3 is 0 Å². The van der Waals surface area contributed by atoms with Crippen LogP contribution in [0.5, 0.6) is 0 Å². The molecule has 1 aromatic rings. The van der Waals surface area contributed by atoms with Crippen LogP contribution in [0, 0.1) is 5.92 Å². The molecule has 0 bridgehead atoms. The second-order valence-corrected chi connectivity index (χ2v) is 6.29. The lowest BCUT2D eigenvalue weighted by molar-refractivity contribution is -0.124. The lowest BCUT2D eigenvalue weighted by Gasteiger charge is -2.34. The van der Waals surface area contributed by atoms with Crippen molar-refractivity contribution in [2.45, 2.75) is 25.8 Å². The van der Waals surface area contributed by atoms with Gasteiger partial charge in [0.15, 0.2) is 0 Å². The molecule has 0 unspecified atom stereocenters. The van der Waals surface area contributed by atoms with Crippen LogP contribution in [0.15, 0.2) is 18.2 Å². The molecule has 1 aromatic carbocycles. The maximum Gasteiger partial charge on any atom is 0.241 e. The number of carbonyl (C=O) groups is 2. The predicted octanol–water partition coefficient (Wildman–Crippen LogP) is 2.52. The molecule has 0 aliphatic carbocycles. The number of benzene rings is 1. The van der Waals surface area contributed by atoms with Crippen LogP contribution >= 0.6 is 23.2 Å². The van der Waals surface area contributed by atoms with Crippen molar-refractivity contribution in [3.05, 3.63) is 28.2 Å². The van der Waals surface area contributed by atoms with E-state index in [9.17, 15) is 9.59 Å². The number of hydrogen-bond donors (Lipinski definition) is 2.